The highest BCUT2D eigenvalue weighted by Crippen LogP contribution is 2.33. The Labute approximate surface area is 196 Å². The van der Waals surface area contributed by atoms with E-state index in [1.54, 1.807) is 25.1 Å². The van der Waals surface area contributed by atoms with Crippen molar-refractivity contribution in [1.82, 2.24) is 14.8 Å². The van der Waals surface area contributed by atoms with Gasteiger partial charge in [0.15, 0.2) is 11.1 Å². The number of halogens is 4. The lowest BCUT2D eigenvalue weighted by molar-refractivity contribution is -0.212. The van der Waals surface area contributed by atoms with Gasteiger partial charge >= 0.3 is 6.30 Å². The van der Waals surface area contributed by atoms with E-state index in [1.807, 2.05) is 13.0 Å². The van der Waals surface area contributed by atoms with Gasteiger partial charge in [0.2, 0.25) is 0 Å². The minimum Gasteiger partial charge on any atom is -0.455 e. The van der Waals surface area contributed by atoms with Crippen LogP contribution in [0.3, 0.4) is 0 Å². The van der Waals surface area contributed by atoms with E-state index in [0.29, 0.717) is 16.6 Å². The first kappa shape index (κ1) is 23.3. The van der Waals surface area contributed by atoms with Crippen LogP contribution < -0.4 is 10.7 Å². The summed E-state index contributed by atoms with van der Waals surface area (Å²) < 4.78 is 45.0. The molecule has 0 saturated heterocycles. The number of hydrogen-bond acceptors (Lipinski definition) is 6. The molecule has 0 saturated carbocycles. The van der Waals surface area contributed by atoms with Crippen molar-refractivity contribution >= 4 is 28.3 Å². The topological polar surface area (TPSA) is 96.7 Å². The number of aryl methyl sites for hydroxylation is 1. The summed E-state index contributed by atoms with van der Waals surface area (Å²) in [6.45, 7) is 5.11. The highest BCUT2D eigenvalue weighted by molar-refractivity contribution is 6.29. The number of nitrogens with zero attached hydrogens (tertiary/aromatic N) is 4. The maximum absolute atomic E-state index is 13.2. The average molecular weight is 488 g/mol. The third kappa shape index (κ3) is 4.22. The van der Waals surface area contributed by atoms with Crippen LogP contribution in [0.5, 0.6) is 0 Å². The molecule has 0 bridgehead atoms. The normalized spacial score (nSPS) is 12.5. The van der Waals surface area contributed by atoms with Crippen molar-refractivity contribution in [3.05, 3.63) is 74.4 Å². The summed E-state index contributed by atoms with van der Waals surface area (Å²) >= 11 is 5.87. The van der Waals surface area contributed by atoms with Gasteiger partial charge in [0.25, 0.3) is 0 Å². The zero-order valence-corrected chi connectivity index (χ0v) is 18.9. The van der Waals surface area contributed by atoms with Gasteiger partial charge in [-0.15, -0.1) is 13.2 Å². The summed E-state index contributed by atoms with van der Waals surface area (Å²) in [5.74, 6) is -0.00354. The predicted octanol–water partition coefficient (Wildman–Crippen LogP) is 5.84. The van der Waals surface area contributed by atoms with Crippen LogP contribution in [0, 0.1) is 25.2 Å². The van der Waals surface area contributed by atoms with E-state index < -0.39 is 12.3 Å². The van der Waals surface area contributed by atoms with Crippen molar-refractivity contribution in [2.24, 2.45) is 0 Å². The second-order valence-electron chi connectivity index (χ2n) is 7.77. The van der Waals surface area contributed by atoms with Crippen LogP contribution in [0.15, 0.2) is 45.9 Å². The molecule has 1 atom stereocenters. The van der Waals surface area contributed by atoms with Gasteiger partial charge in [-0.05, 0) is 44.5 Å². The van der Waals surface area contributed by atoms with Crippen molar-refractivity contribution in [3.63, 3.8) is 0 Å². The van der Waals surface area contributed by atoms with Crippen molar-refractivity contribution in [2.45, 2.75) is 33.1 Å². The van der Waals surface area contributed by atoms with E-state index in [2.05, 4.69) is 15.4 Å². The maximum atomic E-state index is 13.2. The summed E-state index contributed by atoms with van der Waals surface area (Å²) in [5, 5.41) is 16.3. The number of hydrogen-bond donors (Lipinski definition) is 1. The van der Waals surface area contributed by atoms with Crippen LogP contribution in [0.25, 0.3) is 22.3 Å². The highest BCUT2D eigenvalue weighted by atomic mass is 35.5. The Kier molecular flexibility index (Phi) is 5.83. The van der Waals surface area contributed by atoms with Crippen LogP contribution in [-0.4, -0.2) is 14.8 Å². The number of nitrogens with one attached hydrogen (secondary N) is 1. The number of benzene rings is 1. The zero-order valence-electron chi connectivity index (χ0n) is 18.2. The fraction of sp³-hybridized carbons (Fsp3) is 0.217. The molecular weight excluding hydrogens is 471 g/mol. The van der Waals surface area contributed by atoms with Crippen LogP contribution in [0.2, 0.25) is 5.15 Å². The monoisotopic (exact) mass is 487 g/mol. The van der Waals surface area contributed by atoms with Crippen molar-refractivity contribution in [2.75, 3.05) is 5.32 Å². The molecule has 0 radical (unpaired) electrons. The first-order valence-corrected chi connectivity index (χ1v) is 10.4. The number of pyridine rings is 1. The molecule has 0 aliphatic heterocycles. The smallest absolute Gasteiger partial charge is 0.455 e. The molecule has 0 aliphatic rings. The predicted molar refractivity (Wildman–Crippen MR) is 120 cm³/mol. The van der Waals surface area contributed by atoms with E-state index in [9.17, 15) is 23.2 Å². The van der Waals surface area contributed by atoms with E-state index in [1.165, 1.54) is 13.0 Å². The van der Waals surface area contributed by atoms with Gasteiger partial charge in [0.1, 0.15) is 22.6 Å². The van der Waals surface area contributed by atoms with Gasteiger partial charge in [-0.2, -0.15) is 15.0 Å². The molecule has 4 aromatic rings. The summed E-state index contributed by atoms with van der Waals surface area (Å²) in [6.07, 6.45) is -2.93. The summed E-state index contributed by atoms with van der Waals surface area (Å²) in [6, 6.07) is 8.12. The Hall–Kier alpha value is -3.84. The first-order valence-electron chi connectivity index (χ1n) is 10.0. The van der Waals surface area contributed by atoms with E-state index in [0.717, 1.165) is 18.0 Å². The maximum Gasteiger partial charge on any atom is 0.504 e. The number of aromatic nitrogens is 3. The highest BCUT2D eigenvalue weighted by Gasteiger charge is 2.32. The van der Waals surface area contributed by atoms with E-state index in [-0.39, 0.29) is 43.4 Å². The molecule has 11 heteroatoms. The number of alkyl halides is 3. The first-order chi connectivity index (χ1) is 16.0. The molecule has 174 valence electrons. The quantitative estimate of drug-likeness (QED) is 0.363. The molecule has 34 heavy (non-hydrogen) atoms. The van der Waals surface area contributed by atoms with E-state index >= 15 is 0 Å². The molecule has 3 heterocycles. The molecule has 4 rings (SSSR count). The minimum atomic E-state index is -4.70. The fourth-order valence-electron chi connectivity index (χ4n) is 3.69. The van der Waals surface area contributed by atoms with Crippen molar-refractivity contribution in [1.29, 1.82) is 5.26 Å². The summed E-state index contributed by atoms with van der Waals surface area (Å²) in [7, 11) is 0. The van der Waals surface area contributed by atoms with Crippen LogP contribution in [0.1, 0.15) is 35.3 Å². The largest absolute Gasteiger partial charge is 0.504 e. The Bertz CT molecular complexity index is 1520. The number of anilines is 1. The molecule has 0 unspecified atom stereocenters. The molecule has 1 aromatic carbocycles. The van der Waals surface area contributed by atoms with Gasteiger partial charge in [-0.3, -0.25) is 4.79 Å². The number of fused-ring (bicyclic) bond motifs is 1. The minimum absolute atomic E-state index is 0.00354. The molecule has 0 fully saturated rings. The molecule has 1 N–H and O–H groups in total. The Morgan fingerprint density at radius 3 is 2.65 bits per heavy atom. The standard InChI is InChI=1S/C23H17ClF3N5O2/c1-11-6-15(13(3)30-17-4-5-19(24)31-18(17)8-28)22-16(7-11)20(33)12(2)21(34-22)14-9-29-32(10-14)23(25,26)27/h4-7,9-10,13,30H,1-3H3/t13-/m1/s1. The van der Waals surface area contributed by atoms with Gasteiger partial charge < -0.3 is 9.73 Å². The molecule has 0 spiro atoms. The lowest BCUT2D eigenvalue weighted by atomic mass is 9.99. The van der Waals surface area contributed by atoms with Gasteiger partial charge in [-0.1, -0.05) is 17.7 Å². The summed E-state index contributed by atoms with van der Waals surface area (Å²) in [5.41, 5.74) is 1.93. The zero-order chi connectivity index (χ0) is 24.8. The molecule has 3 aromatic heterocycles. The SMILES string of the molecule is Cc1cc([C@@H](C)Nc2ccc(Cl)nc2C#N)c2oc(-c3cnn(C(F)(F)F)c3)c(C)c(=O)c2c1. The fourth-order valence-corrected chi connectivity index (χ4v) is 3.84. The molecule has 7 nitrogen and oxygen atoms in total. The number of rotatable bonds is 4. The van der Waals surface area contributed by atoms with Crippen LogP contribution >= 0.6 is 11.6 Å². The van der Waals surface area contributed by atoms with Crippen molar-refractivity contribution < 1.29 is 17.6 Å². The lowest BCUT2D eigenvalue weighted by Crippen LogP contribution is -2.16. The van der Waals surface area contributed by atoms with E-state index in [4.69, 9.17) is 16.0 Å². The lowest BCUT2D eigenvalue weighted by Gasteiger charge is -2.19. The molecular formula is C23H17ClF3N5O2. The summed E-state index contributed by atoms with van der Waals surface area (Å²) in [4.78, 5) is 17.1. The van der Waals surface area contributed by atoms with Crippen LogP contribution in [-0.2, 0) is 6.30 Å². The van der Waals surface area contributed by atoms with Gasteiger partial charge in [-0.25, -0.2) is 4.98 Å². The Balaban J connectivity index is 1.87. The second kappa shape index (κ2) is 8.50. The van der Waals surface area contributed by atoms with Gasteiger partial charge in [0.05, 0.1) is 28.9 Å². The molecule has 0 amide bonds. The van der Waals surface area contributed by atoms with Crippen LogP contribution in [0.4, 0.5) is 18.9 Å². The Morgan fingerprint density at radius 1 is 1.26 bits per heavy atom. The second-order valence-corrected chi connectivity index (χ2v) is 8.15. The third-order valence-electron chi connectivity index (χ3n) is 5.30. The average Bonchev–Trinajstić information content (AvgIpc) is 3.28. The van der Waals surface area contributed by atoms with Gasteiger partial charge in [0, 0.05) is 17.3 Å². The molecule has 0 aliphatic carbocycles. The third-order valence-corrected chi connectivity index (χ3v) is 5.51. The number of nitriles is 1. The van der Waals surface area contributed by atoms with Crippen molar-refractivity contribution in [3.8, 4) is 17.4 Å². The Morgan fingerprint density at radius 2 is 2.00 bits per heavy atom.